The fourth-order valence-corrected chi connectivity index (χ4v) is 1.77. The van der Waals surface area contributed by atoms with E-state index in [2.05, 4.69) is 17.8 Å². The molecule has 0 bridgehead atoms. The van der Waals surface area contributed by atoms with Crippen LogP contribution in [-0.2, 0) is 5.75 Å². The summed E-state index contributed by atoms with van der Waals surface area (Å²) < 4.78 is 5.14. The molecule has 2 nitrogen and oxygen atoms in total. The monoisotopic (exact) mass is 205 g/mol. The summed E-state index contributed by atoms with van der Waals surface area (Å²) in [5, 5.41) is 4.03. The van der Waals surface area contributed by atoms with E-state index < -0.39 is 0 Å². The van der Waals surface area contributed by atoms with Crippen molar-refractivity contribution in [2.24, 2.45) is 0 Å². The van der Waals surface area contributed by atoms with E-state index in [1.807, 2.05) is 37.3 Å². The van der Waals surface area contributed by atoms with Crippen LogP contribution >= 0.6 is 12.6 Å². The van der Waals surface area contributed by atoms with Crippen LogP contribution in [0.25, 0.3) is 11.3 Å². The SMILES string of the molecule is Cc1onc(-c2ccccc2)c1CS. The lowest BCUT2D eigenvalue weighted by Crippen LogP contribution is -1.84. The Morgan fingerprint density at radius 3 is 2.64 bits per heavy atom. The minimum atomic E-state index is 0.652. The zero-order chi connectivity index (χ0) is 9.97. The number of thiol groups is 1. The highest BCUT2D eigenvalue weighted by molar-refractivity contribution is 7.79. The van der Waals surface area contributed by atoms with Crippen LogP contribution in [0.15, 0.2) is 34.9 Å². The van der Waals surface area contributed by atoms with Crippen LogP contribution in [-0.4, -0.2) is 5.16 Å². The quantitative estimate of drug-likeness (QED) is 0.762. The Hall–Kier alpha value is -1.22. The highest BCUT2D eigenvalue weighted by atomic mass is 32.1. The Labute approximate surface area is 88.3 Å². The van der Waals surface area contributed by atoms with Gasteiger partial charge in [0.2, 0.25) is 0 Å². The van der Waals surface area contributed by atoms with Crippen molar-refractivity contribution in [2.45, 2.75) is 12.7 Å². The summed E-state index contributed by atoms with van der Waals surface area (Å²) in [6.45, 7) is 1.91. The zero-order valence-electron chi connectivity index (χ0n) is 7.90. The largest absolute Gasteiger partial charge is 0.361 e. The number of hydrogen-bond acceptors (Lipinski definition) is 3. The van der Waals surface area contributed by atoms with Crippen LogP contribution in [0.1, 0.15) is 11.3 Å². The van der Waals surface area contributed by atoms with Gasteiger partial charge in [-0.15, -0.1) is 0 Å². The predicted molar refractivity (Wildman–Crippen MR) is 59.4 cm³/mol. The maximum Gasteiger partial charge on any atom is 0.138 e. The van der Waals surface area contributed by atoms with E-state index in [9.17, 15) is 0 Å². The maximum atomic E-state index is 5.14. The van der Waals surface area contributed by atoms with E-state index in [1.165, 1.54) is 0 Å². The average molecular weight is 205 g/mol. The Kier molecular flexibility index (Phi) is 2.59. The summed E-state index contributed by atoms with van der Waals surface area (Å²) in [7, 11) is 0. The number of hydrogen-bond donors (Lipinski definition) is 1. The van der Waals surface area contributed by atoms with Gasteiger partial charge in [0, 0.05) is 16.9 Å². The Balaban J connectivity index is 2.52. The molecule has 0 fully saturated rings. The molecule has 0 aliphatic heterocycles. The lowest BCUT2D eigenvalue weighted by molar-refractivity contribution is 0.398. The highest BCUT2D eigenvalue weighted by Gasteiger charge is 2.12. The van der Waals surface area contributed by atoms with E-state index in [1.54, 1.807) is 0 Å². The molecule has 0 aliphatic rings. The summed E-state index contributed by atoms with van der Waals surface area (Å²) in [5.74, 6) is 1.50. The van der Waals surface area contributed by atoms with Crippen LogP contribution in [0.4, 0.5) is 0 Å². The first kappa shape index (κ1) is 9.34. The molecule has 0 saturated carbocycles. The summed E-state index contributed by atoms with van der Waals surface area (Å²) in [6.07, 6.45) is 0. The number of nitrogens with zero attached hydrogens (tertiary/aromatic N) is 1. The highest BCUT2D eigenvalue weighted by Crippen LogP contribution is 2.25. The molecule has 0 unspecified atom stereocenters. The summed E-state index contributed by atoms with van der Waals surface area (Å²) in [4.78, 5) is 0. The molecule has 2 rings (SSSR count). The first-order valence-electron chi connectivity index (χ1n) is 4.44. The first-order chi connectivity index (χ1) is 6.83. The first-order valence-corrected chi connectivity index (χ1v) is 5.07. The van der Waals surface area contributed by atoms with E-state index in [4.69, 9.17) is 4.52 Å². The lowest BCUT2D eigenvalue weighted by Gasteiger charge is -1.97. The number of rotatable bonds is 2. The second-order valence-electron chi connectivity index (χ2n) is 3.09. The van der Waals surface area contributed by atoms with Crippen LogP contribution in [0.2, 0.25) is 0 Å². The van der Waals surface area contributed by atoms with Gasteiger partial charge in [-0.2, -0.15) is 12.6 Å². The number of benzene rings is 1. The van der Waals surface area contributed by atoms with E-state index in [-0.39, 0.29) is 0 Å². The molecule has 2 aromatic rings. The van der Waals surface area contributed by atoms with Gasteiger partial charge in [-0.25, -0.2) is 0 Å². The van der Waals surface area contributed by atoms with Crippen LogP contribution in [0, 0.1) is 6.92 Å². The molecule has 3 heteroatoms. The lowest BCUT2D eigenvalue weighted by atomic mass is 10.1. The van der Waals surface area contributed by atoms with Crippen molar-refractivity contribution in [1.29, 1.82) is 0 Å². The molecule has 14 heavy (non-hydrogen) atoms. The van der Waals surface area contributed by atoms with Gasteiger partial charge in [-0.1, -0.05) is 35.5 Å². The fourth-order valence-electron chi connectivity index (χ4n) is 1.40. The number of aromatic nitrogens is 1. The molecule has 0 radical (unpaired) electrons. The van der Waals surface area contributed by atoms with Crippen LogP contribution in [0.3, 0.4) is 0 Å². The Morgan fingerprint density at radius 2 is 2.00 bits per heavy atom. The second-order valence-corrected chi connectivity index (χ2v) is 3.41. The molecule has 0 saturated heterocycles. The summed E-state index contributed by atoms with van der Waals surface area (Å²) in [5.41, 5.74) is 3.05. The van der Waals surface area contributed by atoms with Crippen molar-refractivity contribution in [3.05, 3.63) is 41.7 Å². The van der Waals surface area contributed by atoms with Gasteiger partial charge in [0.1, 0.15) is 11.5 Å². The van der Waals surface area contributed by atoms with Crippen molar-refractivity contribution in [1.82, 2.24) is 5.16 Å². The maximum absolute atomic E-state index is 5.14. The van der Waals surface area contributed by atoms with Crippen molar-refractivity contribution >= 4 is 12.6 Å². The van der Waals surface area contributed by atoms with Crippen molar-refractivity contribution in [3.8, 4) is 11.3 Å². The minimum Gasteiger partial charge on any atom is -0.361 e. The van der Waals surface area contributed by atoms with Crippen molar-refractivity contribution in [3.63, 3.8) is 0 Å². The van der Waals surface area contributed by atoms with E-state index in [0.29, 0.717) is 5.75 Å². The summed E-state index contributed by atoms with van der Waals surface area (Å²) >= 11 is 4.27. The number of aryl methyl sites for hydroxylation is 1. The van der Waals surface area contributed by atoms with Gasteiger partial charge in [-0.05, 0) is 6.92 Å². The third-order valence-electron chi connectivity index (χ3n) is 2.19. The molecule has 1 aromatic heterocycles. The van der Waals surface area contributed by atoms with E-state index in [0.717, 1.165) is 22.6 Å². The normalized spacial score (nSPS) is 10.4. The zero-order valence-corrected chi connectivity index (χ0v) is 8.79. The molecule has 0 atom stereocenters. The Morgan fingerprint density at radius 1 is 1.29 bits per heavy atom. The molecular weight excluding hydrogens is 194 g/mol. The molecule has 72 valence electrons. The smallest absolute Gasteiger partial charge is 0.138 e. The van der Waals surface area contributed by atoms with Gasteiger partial charge < -0.3 is 4.52 Å². The minimum absolute atomic E-state index is 0.652. The van der Waals surface area contributed by atoms with Crippen LogP contribution < -0.4 is 0 Å². The molecular formula is C11H11NOS. The molecule has 0 spiro atoms. The predicted octanol–water partition coefficient (Wildman–Crippen LogP) is 3.08. The second kappa shape index (κ2) is 3.88. The average Bonchev–Trinajstić information content (AvgIpc) is 2.61. The van der Waals surface area contributed by atoms with Gasteiger partial charge in [-0.3, -0.25) is 0 Å². The Bertz CT molecular complexity index is 422. The van der Waals surface area contributed by atoms with Crippen molar-refractivity contribution in [2.75, 3.05) is 0 Å². The van der Waals surface area contributed by atoms with Crippen LogP contribution in [0.5, 0.6) is 0 Å². The molecule has 1 aromatic carbocycles. The standard InChI is InChI=1S/C11H11NOS/c1-8-10(7-14)11(12-13-8)9-5-3-2-4-6-9/h2-6,14H,7H2,1H3. The van der Waals surface area contributed by atoms with Crippen molar-refractivity contribution < 1.29 is 4.52 Å². The van der Waals surface area contributed by atoms with Gasteiger partial charge in [0.15, 0.2) is 0 Å². The third kappa shape index (κ3) is 1.55. The molecule has 0 N–H and O–H groups in total. The van der Waals surface area contributed by atoms with Gasteiger partial charge in [0.05, 0.1) is 0 Å². The van der Waals surface area contributed by atoms with Gasteiger partial charge >= 0.3 is 0 Å². The summed E-state index contributed by atoms with van der Waals surface area (Å²) in [6, 6.07) is 9.99. The van der Waals surface area contributed by atoms with E-state index >= 15 is 0 Å². The third-order valence-corrected chi connectivity index (χ3v) is 2.51. The van der Waals surface area contributed by atoms with Gasteiger partial charge in [0.25, 0.3) is 0 Å². The topological polar surface area (TPSA) is 26.0 Å². The fraction of sp³-hybridized carbons (Fsp3) is 0.182. The molecule has 0 aliphatic carbocycles. The molecule has 0 amide bonds. The molecule has 1 heterocycles.